The van der Waals surface area contributed by atoms with Crippen molar-refractivity contribution in [3.63, 3.8) is 0 Å². The zero-order valence-corrected chi connectivity index (χ0v) is 27.3. The number of anilines is 3. The van der Waals surface area contributed by atoms with Crippen molar-refractivity contribution >= 4 is 81.3 Å². The molecule has 2 heterocycles. The third-order valence-electron chi connectivity index (χ3n) is 9.65. The summed E-state index contributed by atoms with van der Waals surface area (Å²) >= 11 is 1.85. The highest BCUT2D eigenvalue weighted by atomic mass is 32.1. The maximum Gasteiger partial charge on any atom is 0.136 e. The predicted molar refractivity (Wildman–Crippen MR) is 210 cm³/mol. The zero-order valence-electron chi connectivity index (χ0n) is 26.5. The third-order valence-corrected chi connectivity index (χ3v) is 10.8. The molecular formula is C46H29NOS. The van der Waals surface area contributed by atoms with Crippen molar-refractivity contribution in [3.8, 4) is 22.3 Å². The molecule has 2 nitrogen and oxygen atoms in total. The lowest BCUT2D eigenvalue weighted by atomic mass is 9.99. The molecule has 0 aliphatic rings. The summed E-state index contributed by atoms with van der Waals surface area (Å²) < 4.78 is 8.80. The molecule has 0 N–H and O–H groups in total. The van der Waals surface area contributed by atoms with Crippen molar-refractivity contribution in [2.45, 2.75) is 0 Å². The molecule has 10 aromatic rings. The Bertz CT molecular complexity index is 2810. The molecule has 0 aliphatic heterocycles. The number of hydrogen-bond donors (Lipinski definition) is 0. The second-order valence-electron chi connectivity index (χ2n) is 12.6. The normalized spacial score (nSPS) is 11.7. The van der Waals surface area contributed by atoms with Gasteiger partial charge in [0.2, 0.25) is 0 Å². The second kappa shape index (κ2) is 11.2. The molecule has 0 spiro atoms. The van der Waals surface area contributed by atoms with Crippen LogP contribution in [-0.4, -0.2) is 0 Å². The van der Waals surface area contributed by atoms with Crippen LogP contribution in [0.25, 0.3) is 75.1 Å². The van der Waals surface area contributed by atoms with Gasteiger partial charge in [0.25, 0.3) is 0 Å². The van der Waals surface area contributed by atoms with Crippen LogP contribution in [0, 0.1) is 0 Å². The van der Waals surface area contributed by atoms with Crippen molar-refractivity contribution in [3.05, 3.63) is 176 Å². The van der Waals surface area contributed by atoms with E-state index < -0.39 is 0 Å². The Labute approximate surface area is 287 Å². The number of hydrogen-bond acceptors (Lipinski definition) is 3. The third kappa shape index (κ3) is 4.70. The summed E-state index contributed by atoms with van der Waals surface area (Å²) in [5.41, 5.74) is 10.0. The molecule has 0 radical (unpaired) electrons. The van der Waals surface area contributed by atoms with E-state index in [0.717, 1.165) is 33.3 Å². The molecule has 0 atom stereocenters. The predicted octanol–water partition coefficient (Wildman–Crippen LogP) is 13.9. The van der Waals surface area contributed by atoms with Gasteiger partial charge < -0.3 is 9.32 Å². The maximum absolute atomic E-state index is 6.21. The molecule has 0 fully saturated rings. The average Bonchev–Trinajstić information content (AvgIpc) is 3.73. The molecule has 0 bridgehead atoms. The summed E-state index contributed by atoms with van der Waals surface area (Å²) in [6, 6.07) is 63.3. The minimum atomic E-state index is 0.922. The number of benzene rings is 8. The molecule has 10 rings (SSSR count). The molecule has 2 aromatic heterocycles. The Morgan fingerprint density at radius 1 is 0.388 bits per heavy atom. The summed E-state index contributed by atoms with van der Waals surface area (Å²) in [6.45, 7) is 0. The number of rotatable bonds is 5. The summed E-state index contributed by atoms with van der Waals surface area (Å²) in [5.74, 6) is 0. The molecule has 8 aromatic carbocycles. The van der Waals surface area contributed by atoms with Crippen molar-refractivity contribution in [1.29, 1.82) is 0 Å². The monoisotopic (exact) mass is 643 g/mol. The van der Waals surface area contributed by atoms with Gasteiger partial charge in [-0.15, -0.1) is 11.3 Å². The van der Waals surface area contributed by atoms with Crippen LogP contribution in [0.3, 0.4) is 0 Å². The molecule has 0 saturated carbocycles. The number of para-hydroxylation sites is 1. The van der Waals surface area contributed by atoms with Gasteiger partial charge in [-0.2, -0.15) is 0 Å². The molecule has 0 unspecified atom stereocenters. The molecule has 3 heteroatoms. The van der Waals surface area contributed by atoms with Gasteiger partial charge in [0, 0.05) is 42.3 Å². The Kier molecular flexibility index (Phi) is 6.39. The van der Waals surface area contributed by atoms with Crippen molar-refractivity contribution < 1.29 is 4.42 Å². The molecule has 0 saturated heterocycles. The van der Waals surface area contributed by atoms with Gasteiger partial charge in [0.05, 0.1) is 5.69 Å². The first-order valence-corrected chi connectivity index (χ1v) is 17.4. The Morgan fingerprint density at radius 2 is 1.02 bits per heavy atom. The van der Waals surface area contributed by atoms with E-state index in [2.05, 4.69) is 169 Å². The first-order chi connectivity index (χ1) is 24.3. The Hall–Kier alpha value is -6.16. The minimum Gasteiger partial charge on any atom is -0.456 e. The molecule has 49 heavy (non-hydrogen) atoms. The van der Waals surface area contributed by atoms with Crippen molar-refractivity contribution in [2.24, 2.45) is 0 Å². The molecule has 0 aliphatic carbocycles. The van der Waals surface area contributed by atoms with E-state index in [1.54, 1.807) is 0 Å². The highest BCUT2D eigenvalue weighted by Gasteiger charge is 2.19. The van der Waals surface area contributed by atoms with Gasteiger partial charge in [-0.3, -0.25) is 0 Å². The van der Waals surface area contributed by atoms with E-state index >= 15 is 0 Å². The first-order valence-electron chi connectivity index (χ1n) is 16.6. The van der Waals surface area contributed by atoms with E-state index in [4.69, 9.17) is 4.42 Å². The van der Waals surface area contributed by atoms with E-state index in [1.165, 1.54) is 58.9 Å². The SMILES string of the molecule is c1ccc(-c2ccc(N(c3ccc(-c4ccc5cc6c(cc5c4)oc4ccccc46)cc3)c3cccc4sc5ccccc5c34)cc2)cc1. The van der Waals surface area contributed by atoms with Gasteiger partial charge in [0.1, 0.15) is 11.2 Å². The van der Waals surface area contributed by atoms with E-state index in [9.17, 15) is 0 Å². The van der Waals surface area contributed by atoms with Gasteiger partial charge in [-0.05, 0) is 99.8 Å². The van der Waals surface area contributed by atoms with Crippen LogP contribution in [0.1, 0.15) is 0 Å². The summed E-state index contributed by atoms with van der Waals surface area (Å²) in [6.07, 6.45) is 0. The molecular weight excluding hydrogens is 615 g/mol. The number of furan rings is 1. The highest BCUT2D eigenvalue weighted by molar-refractivity contribution is 7.26. The van der Waals surface area contributed by atoms with Gasteiger partial charge >= 0.3 is 0 Å². The van der Waals surface area contributed by atoms with E-state index in [0.29, 0.717) is 0 Å². The molecule has 230 valence electrons. The van der Waals surface area contributed by atoms with Gasteiger partial charge in [-0.1, -0.05) is 109 Å². The largest absolute Gasteiger partial charge is 0.456 e. The fraction of sp³-hybridized carbons (Fsp3) is 0. The van der Waals surface area contributed by atoms with Crippen LogP contribution in [0.2, 0.25) is 0 Å². The van der Waals surface area contributed by atoms with Crippen LogP contribution < -0.4 is 4.90 Å². The van der Waals surface area contributed by atoms with Crippen LogP contribution in [0.4, 0.5) is 17.1 Å². The van der Waals surface area contributed by atoms with Crippen LogP contribution >= 0.6 is 11.3 Å². The standard InChI is InChI=1S/C46H29NOS/c1-2-9-30(10-3-1)31-19-23-36(24-20-31)47(41-13-8-16-45-46(41)39-12-5-7-15-44(39)49-45)37-25-21-32(22-26-37)33-17-18-34-28-40-38-11-4-6-14-42(38)48-43(40)29-35(34)27-33/h1-29H. The van der Waals surface area contributed by atoms with E-state index in [-0.39, 0.29) is 0 Å². The van der Waals surface area contributed by atoms with Crippen molar-refractivity contribution in [2.75, 3.05) is 4.90 Å². The zero-order chi connectivity index (χ0) is 32.3. The van der Waals surface area contributed by atoms with Gasteiger partial charge in [-0.25, -0.2) is 0 Å². The lowest BCUT2D eigenvalue weighted by molar-refractivity contribution is 0.669. The first kappa shape index (κ1) is 27.9. The fourth-order valence-corrected chi connectivity index (χ4v) is 8.38. The topological polar surface area (TPSA) is 16.4 Å². The summed E-state index contributed by atoms with van der Waals surface area (Å²) in [4.78, 5) is 2.40. The van der Waals surface area contributed by atoms with Crippen LogP contribution in [0.5, 0.6) is 0 Å². The number of nitrogens with zero attached hydrogens (tertiary/aromatic N) is 1. The smallest absolute Gasteiger partial charge is 0.136 e. The summed E-state index contributed by atoms with van der Waals surface area (Å²) in [5, 5.41) is 7.26. The molecule has 0 amide bonds. The minimum absolute atomic E-state index is 0.922. The highest BCUT2D eigenvalue weighted by Crippen LogP contribution is 2.45. The lowest BCUT2D eigenvalue weighted by Crippen LogP contribution is -2.10. The van der Waals surface area contributed by atoms with Crippen molar-refractivity contribution in [1.82, 2.24) is 0 Å². The Balaban J connectivity index is 1.08. The Morgan fingerprint density at radius 3 is 1.82 bits per heavy atom. The van der Waals surface area contributed by atoms with Gasteiger partial charge in [0.15, 0.2) is 0 Å². The van der Waals surface area contributed by atoms with E-state index in [1.807, 2.05) is 23.5 Å². The fourth-order valence-electron chi connectivity index (χ4n) is 7.25. The van der Waals surface area contributed by atoms with Crippen LogP contribution in [0.15, 0.2) is 180 Å². The lowest BCUT2D eigenvalue weighted by Gasteiger charge is -2.27. The second-order valence-corrected chi connectivity index (χ2v) is 13.6. The average molecular weight is 644 g/mol. The quantitative estimate of drug-likeness (QED) is 0.186. The summed E-state index contributed by atoms with van der Waals surface area (Å²) in [7, 11) is 0. The number of fused-ring (bicyclic) bond motifs is 7. The van der Waals surface area contributed by atoms with Crippen LogP contribution in [-0.2, 0) is 0 Å². The number of thiophene rings is 1. The maximum atomic E-state index is 6.21.